The maximum absolute atomic E-state index is 12.4. The van der Waals surface area contributed by atoms with Crippen LogP contribution >= 0.6 is 0 Å². The molecule has 3 aromatic rings. The predicted octanol–water partition coefficient (Wildman–Crippen LogP) is 3.77. The summed E-state index contributed by atoms with van der Waals surface area (Å²) in [6.45, 7) is 2.52. The molecule has 4 nitrogen and oxygen atoms in total. The van der Waals surface area contributed by atoms with Crippen molar-refractivity contribution in [2.75, 3.05) is 26.3 Å². The fourth-order valence-electron chi connectivity index (χ4n) is 3.20. The van der Waals surface area contributed by atoms with Crippen molar-refractivity contribution in [3.05, 3.63) is 72.6 Å². The van der Waals surface area contributed by atoms with Crippen LogP contribution in [0.15, 0.2) is 67.0 Å². The number of pyridine rings is 1. The Hall–Kier alpha value is -2.98. The molecule has 0 atom stereocenters. The smallest absolute Gasteiger partial charge is 0.246 e. The van der Waals surface area contributed by atoms with Gasteiger partial charge in [-0.3, -0.25) is 9.78 Å². The van der Waals surface area contributed by atoms with E-state index in [2.05, 4.69) is 35.3 Å². The molecule has 1 saturated heterocycles. The molecule has 0 radical (unpaired) electrons. The molecule has 0 aliphatic carbocycles. The summed E-state index contributed by atoms with van der Waals surface area (Å²) in [4.78, 5) is 18.5. The quantitative estimate of drug-likeness (QED) is 0.679. The maximum Gasteiger partial charge on any atom is 0.246 e. The Labute approximate surface area is 152 Å². The molecule has 0 saturated carbocycles. The van der Waals surface area contributed by atoms with E-state index >= 15 is 0 Å². The predicted molar refractivity (Wildman–Crippen MR) is 104 cm³/mol. The second-order valence-electron chi connectivity index (χ2n) is 6.30. The molecule has 4 heteroatoms. The summed E-state index contributed by atoms with van der Waals surface area (Å²) in [5, 5.41) is 2.40. The standard InChI is InChI=1S/C22H20N2O2/c25-22(24-11-13-26-14-12-24)8-7-18-9-10-23-16-21(18)20-6-5-17-3-1-2-4-19(17)15-20/h1-10,15-16H,11-14H2/b8-7+. The number of aromatic nitrogens is 1. The van der Waals surface area contributed by atoms with Crippen molar-refractivity contribution in [1.29, 1.82) is 0 Å². The van der Waals surface area contributed by atoms with Crippen molar-refractivity contribution in [3.8, 4) is 11.1 Å². The van der Waals surface area contributed by atoms with Crippen LogP contribution in [0, 0.1) is 0 Å². The van der Waals surface area contributed by atoms with Crippen LogP contribution < -0.4 is 0 Å². The van der Waals surface area contributed by atoms with Gasteiger partial charge in [-0.1, -0.05) is 36.4 Å². The molecule has 1 amide bonds. The summed E-state index contributed by atoms with van der Waals surface area (Å²) in [5.74, 6) is 0.0228. The molecule has 1 aliphatic heterocycles. The van der Waals surface area contributed by atoms with Crippen molar-refractivity contribution in [1.82, 2.24) is 9.88 Å². The van der Waals surface area contributed by atoms with E-state index in [0.717, 1.165) is 16.7 Å². The van der Waals surface area contributed by atoms with Gasteiger partial charge in [0, 0.05) is 37.1 Å². The summed E-state index contributed by atoms with van der Waals surface area (Å²) in [7, 11) is 0. The van der Waals surface area contributed by atoms with Crippen LogP contribution in [0.3, 0.4) is 0 Å². The van der Waals surface area contributed by atoms with Gasteiger partial charge in [0.1, 0.15) is 0 Å². The fraction of sp³-hybridized carbons (Fsp3) is 0.182. The third-order valence-electron chi connectivity index (χ3n) is 4.64. The lowest BCUT2D eigenvalue weighted by Gasteiger charge is -2.25. The molecular weight excluding hydrogens is 324 g/mol. The monoisotopic (exact) mass is 344 g/mol. The average molecular weight is 344 g/mol. The van der Waals surface area contributed by atoms with Gasteiger partial charge in [-0.25, -0.2) is 0 Å². The van der Waals surface area contributed by atoms with E-state index < -0.39 is 0 Å². The molecule has 130 valence electrons. The Morgan fingerprint density at radius 2 is 1.85 bits per heavy atom. The zero-order valence-electron chi connectivity index (χ0n) is 14.5. The minimum Gasteiger partial charge on any atom is -0.378 e. The van der Waals surface area contributed by atoms with Crippen LogP contribution in [-0.4, -0.2) is 42.1 Å². The normalized spacial score (nSPS) is 14.8. The van der Waals surface area contributed by atoms with Crippen molar-refractivity contribution in [2.24, 2.45) is 0 Å². The van der Waals surface area contributed by atoms with Gasteiger partial charge in [-0.15, -0.1) is 0 Å². The van der Waals surface area contributed by atoms with Crippen molar-refractivity contribution >= 4 is 22.8 Å². The van der Waals surface area contributed by atoms with Crippen molar-refractivity contribution in [3.63, 3.8) is 0 Å². The molecule has 2 heterocycles. The largest absolute Gasteiger partial charge is 0.378 e. The first kappa shape index (κ1) is 16.5. The number of morpholine rings is 1. The number of fused-ring (bicyclic) bond motifs is 1. The van der Waals surface area contributed by atoms with Gasteiger partial charge in [-0.2, -0.15) is 0 Å². The molecular formula is C22H20N2O2. The van der Waals surface area contributed by atoms with E-state index in [-0.39, 0.29) is 5.91 Å². The highest BCUT2D eigenvalue weighted by atomic mass is 16.5. The van der Waals surface area contributed by atoms with Crippen LogP contribution in [0.25, 0.3) is 28.0 Å². The summed E-state index contributed by atoms with van der Waals surface area (Å²) in [6, 6.07) is 16.6. The fourth-order valence-corrected chi connectivity index (χ4v) is 3.20. The molecule has 0 unspecified atom stereocenters. The Balaban J connectivity index is 1.63. The van der Waals surface area contributed by atoms with E-state index in [4.69, 9.17) is 4.74 Å². The molecule has 1 fully saturated rings. The molecule has 26 heavy (non-hydrogen) atoms. The number of carbonyl (C=O) groups excluding carboxylic acids is 1. The van der Waals surface area contributed by atoms with Gasteiger partial charge in [0.15, 0.2) is 0 Å². The SMILES string of the molecule is O=C(/C=C/c1ccncc1-c1ccc2ccccc2c1)N1CCOCC1. The third-order valence-corrected chi connectivity index (χ3v) is 4.64. The van der Waals surface area contributed by atoms with Gasteiger partial charge in [-0.05, 0) is 40.1 Å². The number of ether oxygens (including phenoxy) is 1. The van der Waals surface area contributed by atoms with Gasteiger partial charge in [0.25, 0.3) is 0 Å². The van der Waals surface area contributed by atoms with Crippen LogP contribution in [0.2, 0.25) is 0 Å². The first-order valence-corrected chi connectivity index (χ1v) is 8.79. The number of nitrogens with zero attached hydrogens (tertiary/aromatic N) is 2. The second-order valence-corrected chi connectivity index (χ2v) is 6.30. The zero-order chi connectivity index (χ0) is 17.8. The maximum atomic E-state index is 12.4. The third kappa shape index (κ3) is 3.51. The second kappa shape index (κ2) is 7.50. The molecule has 0 bridgehead atoms. The zero-order valence-corrected chi connectivity index (χ0v) is 14.5. The van der Waals surface area contributed by atoms with E-state index in [1.165, 1.54) is 10.8 Å². The minimum absolute atomic E-state index is 0.0228. The summed E-state index contributed by atoms with van der Waals surface area (Å²) in [5.41, 5.74) is 3.09. The van der Waals surface area contributed by atoms with Crippen molar-refractivity contribution < 1.29 is 9.53 Å². The number of amides is 1. The van der Waals surface area contributed by atoms with Crippen LogP contribution in [0.5, 0.6) is 0 Å². The van der Waals surface area contributed by atoms with Crippen LogP contribution in [0.4, 0.5) is 0 Å². The highest BCUT2D eigenvalue weighted by molar-refractivity contribution is 5.94. The lowest BCUT2D eigenvalue weighted by atomic mass is 9.98. The Kier molecular flexibility index (Phi) is 4.75. The number of hydrogen-bond acceptors (Lipinski definition) is 3. The first-order valence-electron chi connectivity index (χ1n) is 8.79. The van der Waals surface area contributed by atoms with Gasteiger partial charge in [0.05, 0.1) is 13.2 Å². The Morgan fingerprint density at radius 3 is 2.69 bits per heavy atom. The molecule has 4 rings (SSSR count). The van der Waals surface area contributed by atoms with Gasteiger partial charge < -0.3 is 9.64 Å². The lowest BCUT2D eigenvalue weighted by Crippen LogP contribution is -2.39. The van der Waals surface area contributed by atoms with Gasteiger partial charge >= 0.3 is 0 Å². The number of benzene rings is 2. The number of hydrogen-bond donors (Lipinski definition) is 0. The van der Waals surface area contributed by atoms with E-state index in [0.29, 0.717) is 26.3 Å². The highest BCUT2D eigenvalue weighted by Gasteiger charge is 2.14. The Morgan fingerprint density at radius 1 is 1.04 bits per heavy atom. The Bertz CT molecular complexity index is 959. The van der Waals surface area contributed by atoms with Crippen LogP contribution in [0.1, 0.15) is 5.56 Å². The molecule has 1 aliphatic rings. The molecule has 0 N–H and O–H groups in total. The number of carbonyl (C=O) groups is 1. The van der Waals surface area contributed by atoms with Crippen LogP contribution in [-0.2, 0) is 9.53 Å². The summed E-state index contributed by atoms with van der Waals surface area (Å²) < 4.78 is 5.30. The average Bonchev–Trinajstić information content (AvgIpc) is 2.72. The van der Waals surface area contributed by atoms with E-state index in [9.17, 15) is 4.79 Å². The molecule has 1 aromatic heterocycles. The molecule has 2 aromatic carbocycles. The van der Waals surface area contributed by atoms with Crippen molar-refractivity contribution in [2.45, 2.75) is 0 Å². The first-order chi connectivity index (χ1) is 12.8. The molecule has 0 spiro atoms. The van der Waals surface area contributed by atoms with E-state index in [1.807, 2.05) is 35.4 Å². The highest BCUT2D eigenvalue weighted by Crippen LogP contribution is 2.27. The topological polar surface area (TPSA) is 42.4 Å². The summed E-state index contributed by atoms with van der Waals surface area (Å²) in [6.07, 6.45) is 7.13. The number of rotatable bonds is 3. The lowest BCUT2D eigenvalue weighted by molar-refractivity contribution is -0.129. The van der Waals surface area contributed by atoms with E-state index in [1.54, 1.807) is 12.3 Å². The van der Waals surface area contributed by atoms with Gasteiger partial charge in [0.2, 0.25) is 5.91 Å². The summed E-state index contributed by atoms with van der Waals surface area (Å²) >= 11 is 0. The minimum atomic E-state index is 0.0228.